The van der Waals surface area contributed by atoms with Crippen molar-refractivity contribution in [2.24, 2.45) is 5.41 Å². The van der Waals surface area contributed by atoms with E-state index < -0.39 is 0 Å². The van der Waals surface area contributed by atoms with Gasteiger partial charge in [-0.2, -0.15) is 0 Å². The first-order valence-corrected chi connectivity index (χ1v) is 6.02. The number of halogens is 1. The lowest BCUT2D eigenvalue weighted by Crippen LogP contribution is -2.36. The maximum atomic E-state index is 11.9. The lowest BCUT2D eigenvalue weighted by atomic mass is 9.95. The van der Waals surface area contributed by atoms with Crippen molar-refractivity contribution in [2.75, 3.05) is 13.2 Å². The molecular weight excluding hydrogens is 240 g/mol. The minimum Gasteiger partial charge on any atom is -0.396 e. The highest BCUT2D eigenvalue weighted by atomic mass is 35.5. The van der Waals surface area contributed by atoms with Crippen LogP contribution in [0.1, 0.15) is 31.3 Å². The third kappa shape index (κ3) is 3.75. The van der Waals surface area contributed by atoms with Crippen LogP contribution in [-0.2, 0) is 6.54 Å². The average Bonchev–Trinajstić information content (AvgIpc) is 2.67. The summed E-state index contributed by atoms with van der Waals surface area (Å²) < 4.78 is 1.80. The van der Waals surface area contributed by atoms with E-state index in [1.807, 2.05) is 20.8 Å². The third-order valence-corrected chi connectivity index (χ3v) is 2.80. The molecule has 0 aliphatic carbocycles. The van der Waals surface area contributed by atoms with E-state index in [4.69, 9.17) is 16.7 Å². The Bertz CT molecular complexity index is 399. The van der Waals surface area contributed by atoms with Crippen LogP contribution in [0.5, 0.6) is 0 Å². The molecule has 0 saturated carbocycles. The summed E-state index contributed by atoms with van der Waals surface area (Å²) in [5.41, 5.74) is 0.231. The highest BCUT2D eigenvalue weighted by Gasteiger charge is 2.19. The standard InChI is InChI=1S/C12H19ClN2O2/c1-4-15-6-9(13)5-10(15)11(17)14-7-12(2,3)8-16/h5-6,16H,4,7-8H2,1-3H3,(H,14,17). The number of carbonyl (C=O) groups is 1. The van der Waals surface area contributed by atoms with Gasteiger partial charge >= 0.3 is 0 Å². The summed E-state index contributed by atoms with van der Waals surface area (Å²) in [6.07, 6.45) is 1.73. The van der Waals surface area contributed by atoms with E-state index in [1.165, 1.54) is 0 Å². The Labute approximate surface area is 107 Å². The average molecular weight is 259 g/mol. The van der Waals surface area contributed by atoms with E-state index in [9.17, 15) is 4.79 Å². The zero-order valence-corrected chi connectivity index (χ0v) is 11.2. The Hall–Kier alpha value is -1.00. The van der Waals surface area contributed by atoms with Crippen LogP contribution in [0.15, 0.2) is 12.3 Å². The van der Waals surface area contributed by atoms with E-state index in [-0.39, 0.29) is 17.9 Å². The molecule has 1 amide bonds. The molecule has 0 saturated heterocycles. The molecule has 5 heteroatoms. The van der Waals surface area contributed by atoms with Gasteiger partial charge in [-0.05, 0) is 13.0 Å². The summed E-state index contributed by atoms with van der Waals surface area (Å²) in [6.45, 7) is 6.87. The van der Waals surface area contributed by atoms with Gasteiger partial charge in [0, 0.05) is 31.3 Å². The molecule has 0 atom stereocenters. The first-order chi connectivity index (χ1) is 7.89. The molecule has 96 valence electrons. The van der Waals surface area contributed by atoms with Gasteiger partial charge in [0.15, 0.2) is 0 Å². The highest BCUT2D eigenvalue weighted by molar-refractivity contribution is 6.31. The van der Waals surface area contributed by atoms with Crippen LogP contribution >= 0.6 is 11.6 Å². The van der Waals surface area contributed by atoms with Gasteiger partial charge in [-0.25, -0.2) is 0 Å². The van der Waals surface area contributed by atoms with Crippen molar-refractivity contribution in [3.05, 3.63) is 23.0 Å². The van der Waals surface area contributed by atoms with Crippen LogP contribution in [-0.4, -0.2) is 28.7 Å². The first kappa shape index (κ1) is 14.1. The molecule has 1 aromatic heterocycles. The minimum atomic E-state index is -0.316. The molecule has 0 bridgehead atoms. The molecule has 0 aliphatic rings. The summed E-state index contributed by atoms with van der Waals surface area (Å²) in [5, 5.41) is 12.5. The summed E-state index contributed by atoms with van der Waals surface area (Å²) >= 11 is 5.86. The van der Waals surface area contributed by atoms with Crippen LogP contribution in [0.4, 0.5) is 0 Å². The zero-order valence-electron chi connectivity index (χ0n) is 10.5. The van der Waals surface area contributed by atoms with Crippen LogP contribution in [0.25, 0.3) is 0 Å². The van der Waals surface area contributed by atoms with E-state index in [1.54, 1.807) is 16.8 Å². The van der Waals surface area contributed by atoms with Crippen LogP contribution in [0, 0.1) is 5.41 Å². The summed E-state index contributed by atoms with van der Waals surface area (Å²) in [5.74, 6) is -0.166. The Morgan fingerprint density at radius 2 is 2.24 bits per heavy atom. The molecule has 0 aromatic carbocycles. The molecule has 0 radical (unpaired) electrons. The number of hydrogen-bond donors (Lipinski definition) is 2. The summed E-state index contributed by atoms with van der Waals surface area (Å²) in [6, 6.07) is 1.65. The molecule has 2 N–H and O–H groups in total. The normalized spacial score (nSPS) is 11.6. The largest absolute Gasteiger partial charge is 0.396 e. The lowest BCUT2D eigenvalue weighted by Gasteiger charge is -2.21. The SMILES string of the molecule is CCn1cc(Cl)cc1C(=O)NCC(C)(C)CO. The maximum Gasteiger partial charge on any atom is 0.267 e. The van der Waals surface area contributed by atoms with Crippen molar-refractivity contribution in [3.8, 4) is 0 Å². The zero-order chi connectivity index (χ0) is 13.1. The van der Waals surface area contributed by atoms with Crippen LogP contribution in [0.2, 0.25) is 5.02 Å². The number of aromatic nitrogens is 1. The van der Waals surface area contributed by atoms with Gasteiger partial charge in [-0.15, -0.1) is 0 Å². The number of aryl methyl sites for hydroxylation is 1. The van der Waals surface area contributed by atoms with Gasteiger partial charge in [-0.3, -0.25) is 4.79 Å². The monoisotopic (exact) mass is 258 g/mol. The van der Waals surface area contributed by atoms with E-state index in [2.05, 4.69) is 5.32 Å². The Balaban J connectivity index is 2.70. The fourth-order valence-electron chi connectivity index (χ4n) is 1.39. The summed E-state index contributed by atoms with van der Waals surface area (Å²) in [7, 11) is 0. The summed E-state index contributed by atoms with van der Waals surface area (Å²) in [4.78, 5) is 11.9. The second-order valence-electron chi connectivity index (χ2n) is 4.83. The maximum absolute atomic E-state index is 11.9. The smallest absolute Gasteiger partial charge is 0.267 e. The molecule has 0 aliphatic heterocycles. The van der Waals surface area contributed by atoms with Crippen molar-refractivity contribution in [1.82, 2.24) is 9.88 Å². The van der Waals surface area contributed by atoms with Crippen LogP contribution < -0.4 is 5.32 Å². The fraction of sp³-hybridized carbons (Fsp3) is 0.583. The van der Waals surface area contributed by atoms with Gasteiger partial charge in [0.25, 0.3) is 5.91 Å². The van der Waals surface area contributed by atoms with Crippen molar-refractivity contribution in [3.63, 3.8) is 0 Å². The molecule has 4 nitrogen and oxygen atoms in total. The fourth-order valence-corrected chi connectivity index (χ4v) is 1.61. The van der Waals surface area contributed by atoms with Gasteiger partial charge in [-0.1, -0.05) is 25.4 Å². The number of aliphatic hydroxyl groups is 1. The van der Waals surface area contributed by atoms with Gasteiger partial charge < -0.3 is 15.0 Å². The number of rotatable bonds is 5. The number of aliphatic hydroxyl groups excluding tert-OH is 1. The molecule has 1 heterocycles. The van der Waals surface area contributed by atoms with Crippen molar-refractivity contribution in [2.45, 2.75) is 27.3 Å². The van der Waals surface area contributed by atoms with Gasteiger partial charge in [0.1, 0.15) is 5.69 Å². The van der Waals surface area contributed by atoms with E-state index in [0.717, 1.165) is 0 Å². The third-order valence-electron chi connectivity index (χ3n) is 2.59. The molecule has 0 unspecified atom stereocenters. The van der Waals surface area contributed by atoms with Gasteiger partial charge in [0.2, 0.25) is 0 Å². The van der Waals surface area contributed by atoms with Gasteiger partial charge in [0.05, 0.1) is 5.02 Å². The van der Waals surface area contributed by atoms with E-state index in [0.29, 0.717) is 23.8 Å². The first-order valence-electron chi connectivity index (χ1n) is 5.64. The number of carbonyl (C=O) groups excluding carboxylic acids is 1. The molecule has 0 spiro atoms. The predicted octanol–water partition coefficient (Wildman–Crippen LogP) is 1.91. The second kappa shape index (κ2) is 5.56. The second-order valence-corrected chi connectivity index (χ2v) is 5.27. The number of hydrogen-bond acceptors (Lipinski definition) is 2. The van der Waals surface area contributed by atoms with Crippen LogP contribution in [0.3, 0.4) is 0 Å². The van der Waals surface area contributed by atoms with Crippen molar-refractivity contribution < 1.29 is 9.90 Å². The Morgan fingerprint density at radius 3 is 2.76 bits per heavy atom. The quantitative estimate of drug-likeness (QED) is 0.848. The molecule has 0 fully saturated rings. The Morgan fingerprint density at radius 1 is 1.59 bits per heavy atom. The molecule has 1 aromatic rings. The number of amides is 1. The van der Waals surface area contributed by atoms with E-state index >= 15 is 0 Å². The highest BCUT2D eigenvalue weighted by Crippen LogP contribution is 2.15. The number of nitrogens with one attached hydrogen (secondary N) is 1. The minimum absolute atomic E-state index is 0.0306. The molecular formula is C12H19ClN2O2. The Kier molecular flexibility index (Phi) is 4.60. The molecule has 1 rings (SSSR count). The number of nitrogens with zero attached hydrogens (tertiary/aromatic N) is 1. The molecule has 17 heavy (non-hydrogen) atoms. The van der Waals surface area contributed by atoms with Crippen molar-refractivity contribution >= 4 is 17.5 Å². The van der Waals surface area contributed by atoms with Crippen molar-refractivity contribution in [1.29, 1.82) is 0 Å². The lowest BCUT2D eigenvalue weighted by molar-refractivity contribution is 0.0902. The topological polar surface area (TPSA) is 54.3 Å². The predicted molar refractivity (Wildman–Crippen MR) is 68.3 cm³/mol.